The lowest BCUT2D eigenvalue weighted by molar-refractivity contribution is 0.0766. The number of carbonyl (C=O) groups is 2. The Morgan fingerprint density at radius 2 is 1.41 bits per heavy atom. The summed E-state index contributed by atoms with van der Waals surface area (Å²) in [6.45, 7) is 0.914. The van der Waals surface area contributed by atoms with Crippen molar-refractivity contribution in [1.82, 2.24) is 9.80 Å². The Morgan fingerprint density at radius 1 is 0.838 bits per heavy atom. The van der Waals surface area contributed by atoms with Crippen LogP contribution in [0.5, 0.6) is 17.2 Å². The van der Waals surface area contributed by atoms with E-state index in [-0.39, 0.29) is 37.3 Å². The highest BCUT2D eigenvalue weighted by Gasteiger charge is 2.33. The van der Waals surface area contributed by atoms with E-state index in [4.69, 9.17) is 14.2 Å². The monoisotopic (exact) mass is 504 g/mol. The van der Waals surface area contributed by atoms with Gasteiger partial charge in [-0.3, -0.25) is 19.6 Å². The third kappa shape index (κ3) is 4.11. The molecule has 0 aliphatic carbocycles. The average molecular weight is 505 g/mol. The zero-order chi connectivity index (χ0) is 25.5. The lowest BCUT2D eigenvalue weighted by Gasteiger charge is -2.21. The van der Waals surface area contributed by atoms with Crippen LogP contribution in [-0.4, -0.2) is 78.2 Å². The summed E-state index contributed by atoms with van der Waals surface area (Å²) in [5, 5.41) is 9.96. The number of hydrogen-bond donors (Lipinski definition) is 1. The number of aliphatic imine (C=N–C) groups is 2. The summed E-state index contributed by atoms with van der Waals surface area (Å²) in [6.07, 6.45) is 7.34. The molecule has 0 aromatic heterocycles. The van der Waals surface area contributed by atoms with Gasteiger partial charge in [0.25, 0.3) is 11.8 Å². The quantitative estimate of drug-likeness (QED) is 0.605. The third-order valence-electron chi connectivity index (χ3n) is 7.41. The molecule has 37 heavy (non-hydrogen) atoms. The fraction of sp³-hybridized carbons (Fsp3) is 0.407. The highest BCUT2D eigenvalue weighted by Crippen LogP contribution is 2.39. The predicted octanol–water partition coefficient (Wildman–Crippen LogP) is 3.24. The summed E-state index contributed by atoms with van der Waals surface area (Å²) in [6, 6.07) is 6.63. The Bertz CT molecular complexity index is 1220. The minimum absolute atomic E-state index is 0.00300. The van der Waals surface area contributed by atoms with Crippen LogP contribution in [-0.2, 0) is 6.61 Å². The maximum Gasteiger partial charge on any atom is 0.256 e. The Hall–Kier alpha value is -3.92. The number of hydrogen-bond acceptors (Lipinski definition) is 8. The van der Waals surface area contributed by atoms with Gasteiger partial charge in [-0.05, 0) is 37.8 Å². The maximum atomic E-state index is 13.1. The maximum absolute atomic E-state index is 13.1. The van der Waals surface area contributed by atoms with Gasteiger partial charge in [-0.2, -0.15) is 0 Å². The van der Waals surface area contributed by atoms with E-state index < -0.39 is 0 Å². The first kappa shape index (κ1) is 23.5. The number of fused-ring (bicyclic) bond motifs is 4. The largest absolute Gasteiger partial charge is 0.493 e. The summed E-state index contributed by atoms with van der Waals surface area (Å²) in [7, 11) is 1.51. The molecule has 0 bridgehead atoms. The summed E-state index contributed by atoms with van der Waals surface area (Å²) in [5.41, 5.74) is 2.41. The van der Waals surface area contributed by atoms with Crippen molar-refractivity contribution < 1.29 is 28.9 Å². The molecular formula is C27H28N4O6. The van der Waals surface area contributed by atoms with Gasteiger partial charge in [-0.15, -0.1) is 0 Å². The molecule has 4 aliphatic rings. The number of ether oxygens (including phenoxy) is 3. The van der Waals surface area contributed by atoms with Gasteiger partial charge in [0.2, 0.25) is 6.79 Å². The normalized spacial score (nSPS) is 21.7. The van der Waals surface area contributed by atoms with E-state index in [0.717, 1.165) is 25.7 Å². The first-order valence-electron chi connectivity index (χ1n) is 12.5. The summed E-state index contributed by atoms with van der Waals surface area (Å²) in [5.74, 6) is 0.990. The summed E-state index contributed by atoms with van der Waals surface area (Å²) < 4.78 is 17.2. The Balaban J connectivity index is 1.23. The number of rotatable bonds is 6. The molecule has 0 radical (unpaired) electrons. The van der Waals surface area contributed by atoms with Gasteiger partial charge in [0.1, 0.15) is 5.75 Å². The van der Waals surface area contributed by atoms with Crippen LogP contribution >= 0.6 is 0 Å². The molecule has 4 heterocycles. The van der Waals surface area contributed by atoms with Crippen molar-refractivity contribution in [2.75, 3.05) is 27.0 Å². The Morgan fingerprint density at radius 3 is 2.00 bits per heavy atom. The molecule has 2 atom stereocenters. The standard InChI is InChI=1S/C27H28N4O6/c1-35-24-9-20-22(29-13-18-5-3-7-31(18)27(20)34)11-25(24)37-15-36-23-10-21-19(8-16(23)14-32)26(33)30-6-2-4-17(30)12-28-21/h8-13,17-18,32H,2-7,14-15H2,1H3/t17-,18-/m0/s1. The van der Waals surface area contributed by atoms with Crippen molar-refractivity contribution >= 4 is 35.6 Å². The predicted molar refractivity (Wildman–Crippen MR) is 136 cm³/mol. The van der Waals surface area contributed by atoms with Crippen molar-refractivity contribution in [3.05, 3.63) is 41.0 Å². The van der Waals surface area contributed by atoms with Crippen LogP contribution < -0.4 is 14.2 Å². The van der Waals surface area contributed by atoms with Gasteiger partial charge in [0, 0.05) is 43.2 Å². The van der Waals surface area contributed by atoms with Gasteiger partial charge >= 0.3 is 0 Å². The van der Waals surface area contributed by atoms with Crippen molar-refractivity contribution in [2.24, 2.45) is 9.98 Å². The van der Waals surface area contributed by atoms with E-state index in [1.165, 1.54) is 7.11 Å². The molecule has 6 rings (SSSR count). The number of aliphatic hydroxyl groups is 1. The summed E-state index contributed by atoms with van der Waals surface area (Å²) in [4.78, 5) is 38.8. The van der Waals surface area contributed by atoms with E-state index in [1.807, 2.05) is 22.2 Å². The van der Waals surface area contributed by atoms with Gasteiger partial charge in [-0.1, -0.05) is 0 Å². The smallest absolute Gasteiger partial charge is 0.256 e. The van der Waals surface area contributed by atoms with Crippen LogP contribution in [0.4, 0.5) is 11.4 Å². The second kappa shape index (κ2) is 9.51. The molecule has 2 fully saturated rings. The fourth-order valence-corrected chi connectivity index (χ4v) is 5.45. The van der Waals surface area contributed by atoms with Crippen LogP contribution in [0.3, 0.4) is 0 Å². The van der Waals surface area contributed by atoms with Gasteiger partial charge < -0.3 is 29.1 Å². The number of nitrogens with zero attached hydrogens (tertiary/aromatic N) is 4. The topological polar surface area (TPSA) is 113 Å². The van der Waals surface area contributed by atoms with Crippen LogP contribution in [0, 0.1) is 0 Å². The molecule has 0 unspecified atom stereocenters. The molecule has 4 aliphatic heterocycles. The molecule has 1 N–H and O–H groups in total. The molecule has 192 valence electrons. The SMILES string of the molecule is COc1cc2c(cc1OCOc1cc3c(cc1CO)C(=O)N1CCC[C@H]1C=N3)N=C[C@@H]1CCCN1C2=O. The lowest BCUT2D eigenvalue weighted by atomic mass is 10.1. The molecule has 0 saturated carbocycles. The molecule has 10 nitrogen and oxygen atoms in total. The van der Waals surface area contributed by atoms with E-state index in [0.29, 0.717) is 58.4 Å². The molecule has 2 aromatic carbocycles. The van der Waals surface area contributed by atoms with Gasteiger partial charge in [0.05, 0.1) is 48.3 Å². The zero-order valence-corrected chi connectivity index (χ0v) is 20.6. The average Bonchev–Trinajstić information content (AvgIpc) is 3.54. The van der Waals surface area contributed by atoms with E-state index in [2.05, 4.69) is 9.98 Å². The van der Waals surface area contributed by atoms with Crippen LogP contribution in [0.15, 0.2) is 34.3 Å². The van der Waals surface area contributed by atoms with Crippen molar-refractivity contribution in [3.8, 4) is 17.2 Å². The molecule has 2 aromatic rings. The minimum Gasteiger partial charge on any atom is -0.493 e. The molecule has 2 saturated heterocycles. The van der Waals surface area contributed by atoms with Crippen LogP contribution in [0.2, 0.25) is 0 Å². The van der Waals surface area contributed by atoms with Gasteiger partial charge in [-0.25, -0.2) is 0 Å². The zero-order valence-electron chi connectivity index (χ0n) is 20.6. The second-order valence-corrected chi connectivity index (χ2v) is 9.53. The number of benzene rings is 2. The Kier molecular flexibility index (Phi) is 6.03. The molecule has 10 heteroatoms. The van der Waals surface area contributed by atoms with Crippen LogP contribution in [0.1, 0.15) is 52.0 Å². The minimum atomic E-state index is -0.306. The van der Waals surface area contributed by atoms with E-state index in [1.54, 1.807) is 24.3 Å². The number of aliphatic hydroxyl groups excluding tert-OH is 1. The van der Waals surface area contributed by atoms with E-state index >= 15 is 0 Å². The molecule has 0 spiro atoms. The third-order valence-corrected chi connectivity index (χ3v) is 7.41. The van der Waals surface area contributed by atoms with Crippen LogP contribution in [0.25, 0.3) is 0 Å². The first-order chi connectivity index (χ1) is 18.1. The van der Waals surface area contributed by atoms with Crippen molar-refractivity contribution in [1.29, 1.82) is 0 Å². The fourth-order valence-electron chi connectivity index (χ4n) is 5.45. The number of amides is 2. The summed E-state index contributed by atoms with van der Waals surface area (Å²) >= 11 is 0. The van der Waals surface area contributed by atoms with Gasteiger partial charge in [0.15, 0.2) is 11.5 Å². The second-order valence-electron chi connectivity index (χ2n) is 9.53. The lowest BCUT2D eigenvalue weighted by Crippen LogP contribution is -2.35. The molecular weight excluding hydrogens is 476 g/mol. The highest BCUT2D eigenvalue weighted by molar-refractivity contribution is 6.04. The Labute approximate surface area is 214 Å². The van der Waals surface area contributed by atoms with Crippen molar-refractivity contribution in [2.45, 2.75) is 44.4 Å². The highest BCUT2D eigenvalue weighted by atomic mass is 16.7. The number of carbonyl (C=O) groups excluding carboxylic acids is 2. The number of methoxy groups -OCH3 is 1. The van der Waals surface area contributed by atoms with E-state index in [9.17, 15) is 14.7 Å². The van der Waals surface area contributed by atoms with Crippen molar-refractivity contribution in [3.63, 3.8) is 0 Å². The first-order valence-corrected chi connectivity index (χ1v) is 12.5. The molecule has 2 amide bonds.